The Balaban J connectivity index is 2.16. The van der Waals surface area contributed by atoms with Gasteiger partial charge in [-0.1, -0.05) is 12.8 Å². The molecule has 0 radical (unpaired) electrons. The van der Waals surface area contributed by atoms with Crippen molar-refractivity contribution in [2.45, 2.75) is 31.6 Å². The molecule has 0 N–H and O–H groups in total. The van der Waals surface area contributed by atoms with Gasteiger partial charge in [-0.05, 0) is 18.9 Å². The second-order valence-electron chi connectivity index (χ2n) is 3.09. The van der Waals surface area contributed by atoms with E-state index in [1.165, 1.54) is 25.7 Å². The first kappa shape index (κ1) is 6.77. The summed E-state index contributed by atoms with van der Waals surface area (Å²) >= 11 is 0. The number of aromatic nitrogens is 2. The molecule has 58 valence electrons. The molecule has 0 saturated heterocycles. The zero-order valence-corrected chi connectivity index (χ0v) is 6.53. The second kappa shape index (κ2) is 2.99. The maximum absolute atomic E-state index is 4.25. The highest BCUT2D eigenvalue weighted by atomic mass is 14.9. The lowest BCUT2D eigenvalue weighted by Gasteiger charge is -2.04. The van der Waals surface area contributed by atoms with Crippen molar-refractivity contribution in [3.8, 4) is 0 Å². The van der Waals surface area contributed by atoms with E-state index in [0.29, 0.717) is 5.92 Å². The van der Waals surface area contributed by atoms with Gasteiger partial charge in [-0.3, -0.25) is 0 Å². The fourth-order valence-corrected chi connectivity index (χ4v) is 1.71. The molecule has 1 aliphatic rings. The van der Waals surface area contributed by atoms with Gasteiger partial charge in [-0.2, -0.15) is 0 Å². The highest BCUT2D eigenvalue weighted by molar-refractivity contribution is 4.98. The highest BCUT2D eigenvalue weighted by Crippen LogP contribution is 2.31. The molecule has 0 aliphatic heterocycles. The Morgan fingerprint density at radius 1 is 1.09 bits per heavy atom. The van der Waals surface area contributed by atoms with Gasteiger partial charge in [0.15, 0.2) is 0 Å². The van der Waals surface area contributed by atoms with Gasteiger partial charge in [0.25, 0.3) is 0 Å². The van der Waals surface area contributed by atoms with Crippen LogP contribution in [0.2, 0.25) is 0 Å². The smallest absolute Gasteiger partial charge is 0.131 e. The van der Waals surface area contributed by atoms with E-state index in [1.54, 1.807) is 0 Å². The number of hydrogen-bond donors (Lipinski definition) is 0. The summed E-state index contributed by atoms with van der Waals surface area (Å²) in [7, 11) is 0. The minimum Gasteiger partial charge on any atom is -0.241 e. The quantitative estimate of drug-likeness (QED) is 0.609. The Bertz CT molecular complexity index is 214. The molecular formula is C9H12N2. The molecule has 0 unspecified atom stereocenters. The number of hydrogen-bond acceptors (Lipinski definition) is 2. The topological polar surface area (TPSA) is 25.8 Å². The Hall–Kier alpha value is -0.920. The van der Waals surface area contributed by atoms with Crippen molar-refractivity contribution < 1.29 is 0 Å². The fourth-order valence-electron chi connectivity index (χ4n) is 1.71. The van der Waals surface area contributed by atoms with Crippen LogP contribution >= 0.6 is 0 Å². The van der Waals surface area contributed by atoms with Gasteiger partial charge in [0, 0.05) is 18.3 Å². The first-order valence-corrected chi connectivity index (χ1v) is 4.24. The zero-order chi connectivity index (χ0) is 7.52. The largest absolute Gasteiger partial charge is 0.241 e. The van der Waals surface area contributed by atoms with Crippen molar-refractivity contribution in [3.05, 3.63) is 24.3 Å². The Morgan fingerprint density at radius 3 is 2.36 bits per heavy atom. The summed E-state index contributed by atoms with van der Waals surface area (Å²) in [5, 5.41) is 0. The van der Waals surface area contributed by atoms with Crippen LogP contribution in [0.5, 0.6) is 0 Å². The molecule has 2 rings (SSSR count). The summed E-state index contributed by atoms with van der Waals surface area (Å²) < 4.78 is 0. The van der Waals surface area contributed by atoms with Gasteiger partial charge in [0.2, 0.25) is 0 Å². The van der Waals surface area contributed by atoms with E-state index in [1.807, 2.05) is 18.5 Å². The molecule has 1 heterocycles. The first-order valence-electron chi connectivity index (χ1n) is 4.24. The predicted octanol–water partition coefficient (Wildman–Crippen LogP) is 2.13. The van der Waals surface area contributed by atoms with Crippen LogP contribution in [0, 0.1) is 0 Å². The Labute approximate surface area is 66.7 Å². The van der Waals surface area contributed by atoms with Crippen LogP contribution in [-0.4, -0.2) is 9.97 Å². The van der Waals surface area contributed by atoms with E-state index in [0.717, 1.165) is 5.82 Å². The normalized spacial score (nSPS) is 18.9. The molecule has 11 heavy (non-hydrogen) atoms. The van der Waals surface area contributed by atoms with Crippen LogP contribution < -0.4 is 0 Å². The van der Waals surface area contributed by atoms with Gasteiger partial charge < -0.3 is 0 Å². The summed E-state index contributed by atoms with van der Waals surface area (Å²) in [6.45, 7) is 0. The molecule has 0 bridgehead atoms. The van der Waals surface area contributed by atoms with Crippen molar-refractivity contribution >= 4 is 0 Å². The number of rotatable bonds is 1. The molecule has 0 aromatic carbocycles. The van der Waals surface area contributed by atoms with Gasteiger partial charge in [-0.25, -0.2) is 9.97 Å². The molecule has 2 heteroatoms. The van der Waals surface area contributed by atoms with Gasteiger partial charge in [0.1, 0.15) is 5.82 Å². The molecule has 1 aliphatic carbocycles. The van der Waals surface area contributed by atoms with Crippen LogP contribution in [0.3, 0.4) is 0 Å². The van der Waals surface area contributed by atoms with E-state index in [9.17, 15) is 0 Å². The molecule has 1 saturated carbocycles. The highest BCUT2D eigenvalue weighted by Gasteiger charge is 2.18. The monoisotopic (exact) mass is 148 g/mol. The Kier molecular flexibility index (Phi) is 1.84. The van der Waals surface area contributed by atoms with E-state index in [4.69, 9.17) is 0 Å². The van der Waals surface area contributed by atoms with Crippen LogP contribution in [-0.2, 0) is 0 Å². The molecular weight excluding hydrogens is 136 g/mol. The second-order valence-corrected chi connectivity index (χ2v) is 3.09. The first-order chi connectivity index (χ1) is 5.47. The Morgan fingerprint density at radius 2 is 1.73 bits per heavy atom. The molecule has 1 aromatic heterocycles. The van der Waals surface area contributed by atoms with Crippen molar-refractivity contribution in [2.75, 3.05) is 0 Å². The van der Waals surface area contributed by atoms with Crippen LogP contribution in [0.4, 0.5) is 0 Å². The maximum atomic E-state index is 4.25. The lowest BCUT2D eigenvalue weighted by atomic mass is 10.1. The van der Waals surface area contributed by atoms with Crippen LogP contribution in [0.1, 0.15) is 37.4 Å². The minimum atomic E-state index is 0.649. The summed E-state index contributed by atoms with van der Waals surface area (Å²) in [6.07, 6.45) is 8.93. The maximum Gasteiger partial charge on any atom is 0.131 e. The molecule has 0 atom stereocenters. The summed E-state index contributed by atoms with van der Waals surface area (Å²) in [5.74, 6) is 1.70. The summed E-state index contributed by atoms with van der Waals surface area (Å²) in [4.78, 5) is 8.50. The molecule has 0 spiro atoms. The molecule has 1 fully saturated rings. The van der Waals surface area contributed by atoms with Crippen molar-refractivity contribution in [1.29, 1.82) is 0 Å². The van der Waals surface area contributed by atoms with Crippen molar-refractivity contribution in [3.63, 3.8) is 0 Å². The zero-order valence-electron chi connectivity index (χ0n) is 6.53. The average Bonchev–Trinajstić information content (AvgIpc) is 2.58. The van der Waals surface area contributed by atoms with Crippen molar-refractivity contribution in [2.24, 2.45) is 0 Å². The van der Waals surface area contributed by atoms with E-state index in [2.05, 4.69) is 9.97 Å². The summed E-state index contributed by atoms with van der Waals surface area (Å²) in [6, 6.07) is 1.87. The third-order valence-electron chi connectivity index (χ3n) is 2.31. The number of nitrogens with zero attached hydrogens (tertiary/aromatic N) is 2. The van der Waals surface area contributed by atoms with E-state index < -0.39 is 0 Å². The lowest BCUT2D eigenvalue weighted by Crippen LogP contribution is -1.98. The van der Waals surface area contributed by atoms with Crippen molar-refractivity contribution in [1.82, 2.24) is 9.97 Å². The van der Waals surface area contributed by atoms with Gasteiger partial charge in [-0.15, -0.1) is 0 Å². The molecule has 1 aromatic rings. The van der Waals surface area contributed by atoms with Gasteiger partial charge >= 0.3 is 0 Å². The van der Waals surface area contributed by atoms with E-state index in [-0.39, 0.29) is 0 Å². The van der Waals surface area contributed by atoms with Crippen LogP contribution in [0.25, 0.3) is 0 Å². The molecule has 2 nitrogen and oxygen atoms in total. The molecule has 0 amide bonds. The average molecular weight is 148 g/mol. The van der Waals surface area contributed by atoms with Crippen LogP contribution in [0.15, 0.2) is 18.5 Å². The SMILES string of the molecule is c1cnc(C2CCCC2)nc1. The predicted molar refractivity (Wildman–Crippen MR) is 43.2 cm³/mol. The van der Waals surface area contributed by atoms with E-state index >= 15 is 0 Å². The van der Waals surface area contributed by atoms with Gasteiger partial charge in [0.05, 0.1) is 0 Å². The standard InChI is InChI=1S/C9H12N2/c1-2-5-8(4-1)9-10-6-3-7-11-9/h3,6-8H,1-2,4-5H2. The fraction of sp³-hybridized carbons (Fsp3) is 0.556. The third-order valence-corrected chi connectivity index (χ3v) is 2.31. The summed E-state index contributed by atoms with van der Waals surface area (Å²) in [5.41, 5.74) is 0. The minimum absolute atomic E-state index is 0.649. The lowest BCUT2D eigenvalue weighted by molar-refractivity contribution is 0.667. The third kappa shape index (κ3) is 1.39.